The zero-order valence-corrected chi connectivity index (χ0v) is 34.2. The second kappa shape index (κ2) is 18.7. The Balaban J connectivity index is 0.000000269. The summed E-state index contributed by atoms with van der Waals surface area (Å²) in [6, 6.07) is 31.2. The average Bonchev–Trinajstić information content (AvgIpc) is 3.45. The van der Waals surface area contributed by atoms with Crippen LogP contribution in [0, 0.1) is 0 Å². The van der Waals surface area contributed by atoms with Gasteiger partial charge in [0.15, 0.2) is 0 Å². The van der Waals surface area contributed by atoms with Crippen molar-refractivity contribution in [2.24, 2.45) is 0 Å². The monoisotopic (exact) mass is 952 g/mol. The molecule has 1 aliphatic heterocycles. The minimum atomic E-state index is -3.71. The topological polar surface area (TPSA) is 134 Å². The molecule has 4 atom stereocenters. The highest BCUT2D eigenvalue weighted by atomic mass is 79.9. The van der Waals surface area contributed by atoms with Gasteiger partial charge in [-0.25, -0.2) is 0 Å². The minimum Gasteiger partial charge on any atom is -0.344 e. The van der Waals surface area contributed by atoms with Crippen molar-refractivity contribution in [2.45, 2.75) is 50.0 Å². The Morgan fingerprint density at radius 2 is 0.896 bits per heavy atom. The average molecular weight is 956 g/mol. The molecule has 4 aromatic rings. The van der Waals surface area contributed by atoms with Crippen molar-refractivity contribution in [2.75, 3.05) is 12.5 Å². The van der Waals surface area contributed by atoms with Gasteiger partial charge in [0.1, 0.15) is 15.0 Å². The highest BCUT2D eigenvalue weighted by Crippen LogP contribution is 2.35. The summed E-state index contributed by atoms with van der Waals surface area (Å²) in [6.07, 6.45) is 6.75. The number of rotatable bonds is 11. The van der Waals surface area contributed by atoms with Gasteiger partial charge in [0, 0.05) is 30.0 Å². The van der Waals surface area contributed by atoms with E-state index in [2.05, 4.69) is 118 Å². The first-order chi connectivity index (χ1) is 23.6. The van der Waals surface area contributed by atoms with E-state index in [4.69, 9.17) is 11.2 Å². The van der Waals surface area contributed by atoms with Gasteiger partial charge in [-0.05, 0) is 96.5 Å². The molecule has 4 N–H and O–H groups in total. The zero-order chi connectivity index (χ0) is 37.1. The summed E-state index contributed by atoms with van der Waals surface area (Å²) in [4.78, 5) is 0. The quantitative estimate of drug-likeness (QED) is 0.142. The molecule has 0 amide bonds. The molecule has 1 saturated heterocycles. The fourth-order valence-electron chi connectivity index (χ4n) is 5.18. The molecule has 1 aliphatic rings. The lowest BCUT2D eigenvalue weighted by molar-refractivity contribution is 0.152. The molecule has 0 aliphatic carbocycles. The fraction of sp³-hybridized carbons (Fsp3) is 0.294. The van der Waals surface area contributed by atoms with Gasteiger partial charge in [0.2, 0.25) is 0 Å². The first kappa shape index (κ1) is 37.8. The normalized spacial score (nSPS) is 18.3. The smallest absolute Gasteiger partial charge is 0.264 e. The standard InChI is InChI=1S/C18H20Br2O6S2.C16H15Br2N.H3N/c1-27(21,22)25-17(13-3-7-15(19)8-4-13)11-12-18(26-28(2,23)24)14-5-9-16(20)10-6-14;17-13-5-1-11(2-6-13)15-9-10-16(19-15)12-3-7-14(18)8-4-12;/h3-10,17-18H,11-12H2,1-2H3;1-8,15-16,19H,9-10H2;1H3/i/hD2. The Labute approximate surface area is 320 Å². The largest absolute Gasteiger partial charge is 0.344 e. The van der Waals surface area contributed by atoms with Gasteiger partial charge >= 0.3 is 0 Å². The molecule has 4 aromatic carbocycles. The predicted octanol–water partition coefficient (Wildman–Crippen LogP) is 10.3. The number of nitrogens with one attached hydrogen (secondary N) is 1. The van der Waals surface area contributed by atoms with Crippen LogP contribution >= 0.6 is 63.7 Å². The van der Waals surface area contributed by atoms with Crippen molar-refractivity contribution >= 4 is 84.0 Å². The van der Waals surface area contributed by atoms with Gasteiger partial charge < -0.3 is 11.5 Å². The molecule has 14 heteroatoms. The highest BCUT2D eigenvalue weighted by Gasteiger charge is 2.26. The molecule has 0 saturated carbocycles. The summed E-state index contributed by atoms with van der Waals surface area (Å²) < 4.78 is 74.8. The lowest BCUT2D eigenvalue weighted by atomic mass is 9.99. The van der Waals surface area contributed by atoms with Crippen LogP contribution in [0.15, 0.2) is 115 Å². The molecule has 1 fully saturated rings. The van der Waals surface area contributed by atoms with E-state index in [9.17, 15) is 16.8 Å². The lowest BCUT2D eigenvalue weighted by Gasteiger charge is -2.21. The maximum atomic E-state index is 11.7. The molecule has 0 spiro atoms. The number of benzene rings is 4. The summed E-state index contributed by atoms with van der Waals surface area (Å²) in [5.41, 5.74) is 3.79. The van der Waals surface area contributed by atoms with E-state index >= 15 is 0 Å². The van der Waals surface area contributed by atoms with Gasteiger partial charge in [-0.2, -0.15) is 16.8 Å². The van der Waals surface area contributed by atoms with Crippen LogP contribution in [-0.2, 0) is 28.6 Å². The second-order valence-electron chi connectivity index (χ2n) is 11.1. The van der Waals surface area contributed by atoms with Crippen molar-refractivity contribution in [1.29, 1.82) is 0 Å². The minimum absolute atomic E-state index is 0.191. The van der Waals surface area contributed by atoms with Crippen LogP contribution in [0.5, 0.6) is 0 Å². The van der Waals surface area contributed by atoms with E-state index in [0.717, 1.165) is 43.2 Å². The fourth-order valence-corrected chi connectivity index (χ4v) is 7.49. The van der Waals surface area contributed by atoms with Crippen molar-refractivity contribution in [3.8, 4) is 0 Å². The molecule has 260 valence electrons. The maximum absolute atomic E-state index is 11.7. The Hall–Kier alpha value is -1.46. The van der Waals surface area contributed by atoms with Crippen LogP contribution in [-0.4, -0.2) is 29.3 Å². The molecule has 4 unspecified atom stereocenters. The molecule has 48 heavy (non-hydrogen) atoms. The van der Waals surface area contributed by atoms with E-state index in [1.807, 2.05) is 0 Å². The van der Waals surface area contributed by atoms with E-state index in [1.165, 1.54) is 11.1 Å². The van der Waals surface area contributed by atoms with E-state index < -0.39 is 32.4 Å². The van der Waals surface area contributed by atoms with Crippen LogP contribution in [0.2, 0.25) is 2.82 Å². The summed E-state index contributed by atoms with van der Waals surface area (Å²) in [5, 5.41) is 1.76. The van der Waals surface area contributed by atoms with Crippen molar-refractivity contribution in [3.63, 3.8) is 0 Å². The third kappa shape index (κ3) is 13.7. The molecule has 0 aromatic heterocycles. The van der Waals surface area contributed by atoms with E-state index in [0.29, 0.717) is 11.1 Å². The molecule has 0 radical (unpaired) electrons. The van der Waals surface area contributed by atoms with Crippen LogP contribution in [0.1, 0.15) is 72.2 Å². The van der Waals surface area contributed by atoms with Crippen molar-refractivity contribution in [1.82, 2.24) is 11.5 Å². The molecule has 8 nitrogen and oxygen atoms in total. The van der Waals surface area contributed by atoms with Gasteiger partial charge in [0.05, 0.1) is 12.5 Å². The second-order valence-corrected chi connectivity index (χ2v) is 18.0. The summed E-state index contributed by atoms with van der Waals surface area (Å²) in [7, 11) is -7.42. The van der Waals surface area contributed by atoms with Gasteiger partial charge in [-0.1, -0.05) is 112 Å². The molecule has 1 heterocycles. The third-order valence-electron chi connectivity index (χ3n) is 7.34. The number of hydrogen-bond acceptors (Lipinski definition) is 8. The molecule has 5 rings (SSSR count). The van der Waals surface area contributed by atoms with E-state index in [1.54, 1.807) is 53.8 Å². The first-order valence-corrected chi connectivity index (χ1v) is 21.4. The van der Waals surface area contributed by atoms with E-state index in [-0.39, 0.29) is 24.9 Å². The van der Waals surface area contributed by atoms with Gasteiger partial charge in [-0.3, -0.25) is 8.37 Å². The molecular formula is C34H38Br4N2O6S2. The van der Waals surface area contributed by atoms with Crippen LogP contribution in [0.25, 0.3) is 0 Å². The summed E-state index contributed by atoms with van der Waals surface area (Å²) >= 11 is 13.6. The number of halogens is 4. The summed E-state index contributed by atoms with van der Waals surface area (Å²) in [5.74, 6) is 0. The van der Waals surface area contributed by atoms with Crippen LogP contribution < -0.4 is 11.5 Å². The zero-order valence-electron chi connectivity index (χ0n) is 28.2. The van der Waals surface area contributed by atoms with Gasteiger partial charge in [-0.15, -0.1) is 0 Å². The van der Waals surface area contributed by atoms with Crippen molar-refractivity contribution < 1.29 is 28.0 Å². The maximum Gasteiger partial charge on any atom is 0.264 e. The van der Waals surface area contributed by atoms with Crippen molar-refractivity contribution in [3.05, 3.63) is 137 Å². The predicted molar refractivity (Wildman–Crippen MR) is 206 cm³/mol. The summed E-state index contributed by atoms with van der Waals surface area (Å²) in [6.45, 7) is 0. The Morgan fingerprint density at radius 3 is 1.17 bits per heavy atom. The van der Waals surface area contributed by atoms with Gasteiger partial charge in [0.25, 0.3) is 20.2 Å². The van der Waals surface area contributed by atoms with Crippen LogP contribution in [0.4, 0.5) is 0 Å². The highest BCUT2D eigenvalue weighted by molar-refractivity contribution is 9.11. The first-order valence-electron chi connectivity index (χ1n) is 15.7. The molecular weight excluding hydrogens is 916 g/mol. The Bertz CT molecular complexity index is 1720. The Morgan fingerprint density at radius 1 is 0.625 bits per heavy atom. The SMILES string of the molecule is CS(=O)(=O)OC(CCC(OS(C)(=O)=O)c1ccc(Br)cc1)c1ccc(Br)cc1.[2H]N.[2H]N1C(c2ccc(Br)cc2)CCC1c1ccc(Br)cc1. The number of hydrogen-bond donors (Lipinski definition) is 2. The third-order valence-corrected chi connectivity index (χ3v) is 10.6. The Kier molecular flexibility index (Phi) is 14.7. The lowest BCUT2D eigenvalue weighted by Crippen LogP contribution is -2.17. The van der Waals surface area contributed by atoms with Crippen LogP contribution in [0.3, 0.4) is 0 Å². The molecule has 0 bridgehead atoms.